The Labute approximate surface area is 148 Å². The third-order valence-electron chi connectivity index (χ3n) is 4.11. The van der Waals surface area contributed by atoms with Gasteiger partial charge in [0.2, 0.25) is 0 Å². The minimum Gasteiger partial charge on any atom is -0.268 e. The number of nitrogens with zero attached hydrogens (tertiary/aromatic N) is 5. The Morgan fingerprint density at radius 2 is 1.96 bits per heavy atom. The molecular formula is C19H16FN5O. The number of hydrogen-bond donors (Lipinski definition) is 0. The van der Waals surface area contributed by atoms with Gasteiger partial charge in [-0.05, 0) is 32.0 Å². The van der Waals surface area contributed by atoms with Gasteiger partial charge >= 0.3 is 0 Å². The van der Waals surface area contributed by atoms with Crippen molar-refractivity contribution in [2.75, 3.05) is 0 Å². The van der Waals surface area contributed by atoms with E-state index in [1.54, 1.807) is 41.3 Å². The number of benzene rings is 1. The molecule has 3 aromatic heterocycles. The fraction of sp³-hybridized carbons (Fsp3) is 0.158. The molecular weight excluding hydrogens is 333 g/mol. The van der Waals surface area contributed by atoms with Crippen LogP contribution in [-0.2, 0) is 0 Å². The molecule has 0 saturated carbocycles. The molecule has 6 nitrogen and oxygen atoms in total. The second kappa shape index (κ2) is 6.18. The average molecular weight is 349 g/mol. The van der Waals surface area contributed by atoms with Crippen molar-refractivity contribution in [2.45, 2.75) is 19.9 Å². The zero-order valence-electron chi connectivity index (χ0n) is 14.3. The van der Waals surface area contributed by atoms with Crippen molar-refractivity contribution >= 4 is 5.52 Å². The van der Waals surface area contributed by atoms with Gasteiger partial charge in [0.15, 0.2) is 0 Å². The summed E-state index contributed by atoms with van der Waals surface area (Å²) in [5.74, 6) is -0.344. The van der Waals surface area contributed by atoms with Crippen molar-refractivity contribution in [3.05, 3.63) is 71.2 Å². The van der Waals surface area contributed by atoms with Crippen LogP contribution in [0.25, 0.3) is 28.0 Å². The molecule has 0 N–H and O–H groups in total. The molecule has 26 heavy (non-hydrogen) atoms. The molecule has 3 heterocycles. The van der Waals surface area contributed by atoms with Crippen LogP contribution < -0.4 is 5.56 Å². The molecule has 4 rings (SSSR count). The van der Waals surface area contributed by atoms with Crippen LogP contribution in [-0.4, -0.2) is 24.4 Å². The van der Waals surface area contributed by atoms with Crippen LogP contribution >= 0.6 is 0 Å². The first kappa shape index (κ1) is 16.1. The molecule has 0 aliphatic carbocycles. The van der Waals surface area contributed by atoms with Gasteiger partial charge in [0, 0.05) is 24.0 Å². The van der Waals surface area contributed by atoms with E-state index < -0.39 is 0 Å². The van der Waals surface area contributed by atoms with Crippen LogP contribution in [0, 0.1) is 5.82 Å². The van der Waals surface area contributed by atoms with Crippen LogP contribution in [0.5, 0.6) is 0 Å². The van der Waals surface area contributed by atoms with Crippen molar-refractivity contribution in [1.82, 2.24) is 24.4 Å². The highest BCUT2D eigenvalue weighted by Crippen LogP contribution is 2.33. The van der Waals surface area contributed by atoms with Crippen molar-refractivity contribution in [3.8, 4) is 22.5 Å². The van der Waals surface area contributed by atoms with E-state index in [1.165, 1.54) is 22.9 Å². The van der Waals surface area contributed by atoms with Crippen LogP contribution in [0.2, 0.25) is 0 Å². The maximum Gasteiger partial charge on any atom is 0.267 e. The summed E-state index contributed by atoms with van der Waals surface area (Å²) in [6, 6.07) is 9.31. The summed E-state index contributed by atoms with van der Waals surface area (Å²) < 4.78 is 16.9. The lowest BCUT2D eigenvalue weighted by molar-refractivity contribution is 0.505. The lowest BCUT2D eigenvalue weighted by Gasteiger charge is -2.10. The topological polar surface area (TPSA) is 65.1 Å². The highest BCUT2D eigenvalue weighted by Gasteiger charge is 2.19. The number of rotatable bonds is 3. The molecule has 0 aliphatic heterocycles. The Balaban J connectivity index is 2.04. The monoisotopic (exact) mass is 349 g/mol. The third kappa shape index (κ3) is 2.67. The van der Waals surface area contributed by atoms with E-state index in [4.69, 9.17) is 0 Å². The van der Waals surface area contributed by atoms with Gasteiger partial charge in [-0.25, -0.2) is 13.6 Å². The van der Waals surface area contributed by atoms with Gasteiger partial charge in [0.25, 0.3) is 5.56 Å². The normalized spacial score (nSPS) is 11.4. The fourth-order valence-corrected chi connectivity index (χ4v) is 2.92. The van der Waals surface area contributed by atoms with Crippen molar-refractivity contribution < 1.29 is 4.39 Å². The SMILES string of the molecule is CC(C)n1nc(-c2c(-c3cccc(F)c3)nn3ccncc23)ccc1=O. The number of fused-ring (bicyclic) bond motifs is 1. The molecule has 0 aliphatic rings. The molecule has 0 saturated heterocycles. The van der Waals surface area contributed by atoms with Crippen molar-refractivity contribution in [2.24, 2.45) is 0 Å². The first-order valence-electron chi connectivity index (χ1n) is 8.23. The Bertz CT molecular complexity index is 1160. The first-order valence-corrected chi connectivity index (χ1v) is 8.23. The highest BCUT2D eigenvalue weighted by atomic mass is 19.1. The minimum atomic E-state index is -0.344. The van der Waals surface area contributed by atoms with E-state index >= 15 is 0 Å². The molecule has 0 atom stereocenters. The number of hydrogen-bond acceptors (Lipinski definition) is 4. The van der Waals surface area contributed by atoms with Gasteiger partial charge in [0.05, 0.1) is 29.0 Å². The molecule has 0 unspecified atom stereocenters. The zero-order valence-corrected chi connectivity index (χ0v) is 14.3. The number of aromatic nitrogens is 5. The summed E-state index contributed by atoms with van der Waals surface area (Å²) in [4.78, 5) is 16.2. The molecule has 7 heteroatoms. The first-order chi connectivity index (χ1) is 12.5. The second-order valence-corrected chi connectivity index (χ2v) is 6.24. The smallest absolute Gasteiger partial charge is 0.267 e. The van der Waals surface area contributed by atoms with Gasteiger partial charge in [0.1, 0.15) is 11.5 Å². The van der Waals surface area contributed by atoms with Crippen LogP contribution in [0.4, 0.5) is 4.39 Å². The van der Waals surface area contributed by atoms with E-state index in [0.717, 1.165) is 5.52 Å². The predicted octanol–water partition coefficient (Wildman–Crippen LogP) is 3.34. The van der Waals surface area contributed by atoms with Gasteiger partial charge < -0.3 is 0 Å². The summed E-state index contributed by atoms with van der Waals surface area (Å²) in [5.41, 5.74) is 3.06. The summed E-state index contributed by atoms with van der Waals surface area (Å²) in [6.45, 7) is 3.78. The quantitative estimate of drug-likeness (QED) is 0.569. The van der Waals surface area contributed by atoms with Gasteiger partial charge in [-0.15, -0.1) is 0 Å². The van der Waals surface area contributed by atoms with Gasteiger partial charge in [-0.1, -0.05) is 12.1 Å². The lowest BCUT2D eigenvalue weighted by Crippen LogP contribution is -2.23. The maximum absolute atomic E-state index is 13.8. The molecule has 130 valence electrons. The largest absolute Gasteiger partial charge is 0.268 e. The Kier molecular flexibility index (Phi) is 3.84. The highest BCUT2D eigenvalue weighted by molar-refractivity contribution is 5.90. The maximum atomic E-state index is 13.8. The van der Waals surface area contributed by atoms with Gasteiger partial charge in [-0.3, -0.25) is 9.78 Å². The lowest BCUT2D eigenvalue weighted by atomic mass is 10.0. The molecule has 0 amide bonds. The fourth-order valence-electron chi connectivity index (χ4n) is 2.92. The van der Waals surface area contributed by atoms with Crippen LogP contribution in [0.3, 0.4) is 0 Å². The Morgan fingerprint density at radius 1 is 1.12 bits per heavy atom. The summed E-state index contributed by atoms with van der Waals surface area (Å²) in [6.07, 6.45) is 5.03. The zero-order chi connectivity index (χ0) is 18.3. The summed E-state index contributed by atoms with van der Waals surface area (Å²) in [7, 11) is 0. The minimum absolute atomic E-state index is 0.0833. The molecule has 0 spiro atoms. The Hall–Kier alpha value is -3.35. The van der Waals surface area contributed by atoms with E-state index in [2.05, 4.69) is 15.2 Å². The predicted molar refractivity (Wildman–Crippen MR) is 96.3 cm³/mol. The molecule has 1 aromatic carbocycles. The average Bonchev–Trinajstić information content (AvgIpc) is 3.01. The number of halogens is 1. The van der Waals surface area contributed by atoms with Gasteiger partial charge in [-0.2, -0.15) is 10.2 Å². The summed E-state index contributed by atoms with van der Waals surface area (Å²) >= 11 is 0. The standard InChI is InChI=1S/C19H16FN5O/c1-12(2)25-17(26)7-6-15(22-25)18-16-11-21-8-9-24(16)23-19(18)13-4-3-5-14(20)10-13/h3-12H,1-2H3. The van der Waals surface area contributed by atoms with E-state index in [0.29, 0.717) is 22.5 Å². The molecule has 0 fully saturated rings. The van der Waals surface area contributed by atoms with Crippen molar-refractivity contribution in [3.63, 3.8) is 0 Å². The van der Waals surface area contributed by atoms with E-state index in [-0.39, 0.29) is 17.4 Å². The van der Waals surface area contributed by atoms with E-state index in [1.807, 2.05) is 13.8 Å². The molecule has 0 bridgehead atoms. The molecule has 0 radical (unpaired) electrons. The van der Waals surface area contributed by atoms with E-state index in [9.17, 15) is 9.18 Å². The Morgan fingerprint density at radius 3 is 2.73 bits per heavy atom. The molecule has 4 aromatic rings. The summed E-state index contributed by atoms with van der Waals surface area (Å²) in [5, 5.41) is 9.08. The third-order valence-corrected chi connectivity index (χ3v) is 4.11. The van der Waals surface area contributed by atoms with Crippen molar-refractivity contribution in [1.29, 1.82) is 0 Å². The van der Waals surface area contributed by atoms with Crippen LogP contribution in [0.15, 0.2) is 59.8 Å². The van der Waals surface area contributed by atoms with Crippen LogP contribution in [0.1, 0.15) is 19.9 Å². The second-order valence-electron chi connectivity index (χ2n) is 6.24.